The minimum Gasteiger partial charge on any atom is -0.489 e. The summed E-state index contributed by atoms with van der Waals surface area (Å²) in [6, 6.07) is 20.9. The molecule has 35 heavy (non-hydrogen) atoms. The third kappa shape index (κ3) is 6.33. The molecule has 0 bridgehead atoms. The molecule has 4 aromatic rings. The van der Waals surface area contributed by atoms with Crippen LogP contribution in [0.2, 0.25) is 0 Å². The molecule has 0 fully saturated rings. The first-order valence-corrected chi connectivity index (χ1v) is 11.5. The maximum atomic E-state index is 12.7. The topological polar surface area (TPSA) is 51.5 Å². The second-order valence-corrected chi connectivity index (χ2v) is 8.96. The zero-order chi connectivity index (χ0) is 25.0. The van der Waals surface area contributed by atoms with Crippen LogP contribution in [-0.2, 0) is 24.0 Å². The minimum atomic E-state index is -4.35. The van der Waals surface area contributed by atoms with Crippen LogP contribution in [0, 0.1) is 0 Å². The van der Waals surface area contributed by atoms with E-state index in [1.165, 1.54) is 12.1 Å². The smallest absolute Gasteiger partial charge is 0.416 e. The molecule has 0 aliphatic carbocycles. The fourth-order valence-corrected chi connectivity index (χ4v) is 4.01. The average Bonchev–Trinajstić information content (AvgIpc) is 3.27. The molecule has 3 aromatic carbocycles. The third-order valence-electron chi connectivity index (χ3n) is 5.58. The van der Waals surface area contributed by atoms with Crippen molar-refractivity contribution in [3.63, 3.8) is 0 Å². The Morgan fingerprint density at radius 3 is 1.97 bits per heavy atom. The SMILES string of the molecule is O=C(O)[C@@H](Cc1ccc(OCc2ccc(-c3ccc(C(F)(F)F)cc3)cc2)cc1)n1ccc(Br)c1. The first-order valence-electron chi connectivity index (χ1n) is 10.7. The summed E-state index contributed by atoms with van der Waals surface area (Å²) < 4.78 is 46.5. The molecule has 8 heteroatoms. The largest absolute Gasteiger partial charge is 0.489 e. The standard InChI is InChI=1S/C27H21BrF3NO3/c28-23-13-14-32(16-23)25(26(33)34)15-18-3-11-24(12-4-18)35-17-19-1-5-20(6-2-19)21-7-9-22(10-8-21)27(29,30)31/h1-14,16,25H,15,17H2,(H,33,34)/t25-/m1/s1. The van der Waals surface area contributed by atoms with E-state index in [1.807, 2.05) is 36.4 Å². The lowest BCUT2D eigenvalue weighted by molar-refractivity contribution is -0.141. The third-order valence-corrected chi connectivity index (χ3v) is 6.05. The molecule has 4 nitrogen and oxygen atoms in total. The maximum absolute atomic E-state index is 12.7. The van der Waals surface area contributed by atoms with Gasteiger partial charge in [-0.05, 0) is 68.5 Å². The van der Waals surface area contributed by atoms with Gasteiger partial charge in [0.05, 0.1) is 5.56 Å². The molecule has 0 saturated carbocycles. The average molecular weight is 544 g/mol. The lowest BCUT2D eigenvalue weighted by Crippen LogP contribution is -2.20. The second kappa shape index (κ2) is 10.4. The maximum Gasteiger partial charge on any atom is 0.416 e. The number of hydrogen-bond donors (Lipinski definition) is 1. The number of carboxylic acid groups (broad SMARTS) is 1. The van der Waals surface area contributed by atoms with E-state index < -0.39 is 23.8 Å². The van der Waals surface area contributed by atoms with Gasteiger partial charge in [-0.3, -0.25) is 0 Å². The Labute approximate surface area is 208 Å². The molecule has 0 spiro atoms. The summed E-state index contributed by atoms with van der Waals surface area (Å²) in [5.41, 5.74) is 2.63. The van der Waals surface area contributed by atoms with Crippen LogP contribution in [0.5, 0.6) is 5.75 Å². The van der Waals surface area contributed by atoms with Gasteiger partial charge >= 0.3 is 12.1 Å². The van der Waals surface area contributed by atoms with Crippen molar-refractivity contribution in [3.05, 3.63) is 112 Å². The van der Waals surface area contributed by atoms with Crippen LogP contribution in [0.3, 0.4) is 0 Å². The van der Waals surface area contributed by atoms with Gasteiger partial charge in [-0.1, -0.05) is 48.5 Å². The van der Waals surface area contributed by atoms with Crippen LogP contribution in [-0.4, -0.2) is 15.6 Å². The number of nitrogens with zero attached hydrogens (tertiary/aromatic N) is 1. The molecule has 0 radical (unpaired) electrons. The number of carbonyl (C=O) groups is 1. The highest BCUT2D eigenvalue weighted by molar-refractivity contribution is 9.10. The summed E-state index contributed by atoms with van der Waals surface area (Å²) in [7, 11) is 0. The molecule has 4 rings (SSSR count). The summed E-state index contributed by atoms with van der Waals surface area (Å²) in [6.45, 7) is 0.321. The summed E-state index contributed by atoms with van der Waals surface area (Å²) in [5, 5.41) is 9.59. The molecular weight excluding hydrogens is 523 g/mol. The summed E-state index contributed by atoms with van der Waals surface area (Å²) >= 11 is 3.34. The molecule has 1 aromatic heterocycles. The predicted octanol–water partition coefficient (Wildman–Crippen LogP) is 7.38. The fraction of sp³-hybridized carbons (Fsp3) is 0.148. The molecule has 1 heterocycles. The van der Waals surface area contributed by atoms with Crippen LogP contribution in [0.25, 0.3) is 11.1 Å². The molecule has 180 valence electrons. The number of ether oxygens (including phenoxy) is 1. The van der Waals surface area contributed by atoms with Gasteiger partial charge in [0.15, 0.2) is 0 Å². The van der Waals surface area contributed by atoms with E-state index >= 15 is 0 Å². The molecule has 0 aliphatic rings. The van der Waals surface area contributed by atoms with E-state index in [2.05, 4.69) is 15.9 Å². The molecular formula is C27H21BrF3NO3. The van der Waals surface area contributed by atoms with Gasteiger partial charge < -0.3 is 14.4 Å². The zero-order valence-electron chi connectivity index (χ0n) is 18.4. The lowest BCUT2D eigenvalue weighted by Gasteiger charge is -2.15. The van der Waals surface area contributed by atoms with Gasteiger partial charge in [-0.2, -0.15) is 13.2 Å². The Morgan fingerprint density at radius 2 is 1.46 bits per heavy atom. The number of benzene rings is 3. The first-order chi connectivity index (χ1) is 16.7. The van der Waals surface area contributed by atoms with E-state index in [0.717, 1.165) is 33.3 Å². The number of aliphatic carboxylic acids is 1. The quantitative estimate of drug-likeness (QED) is 0.252. The molecule has 0 saturated heterocycles. The Balaban J connectivity index is 1.34. The molecule has 0 aliphatic heterocycles. The first kappa shape index (κ1) is 24.6. The Hall–Kier alpha value is -3.52. The van der Waals surface area contributed by atoms with Crippen molar-refractivity contribution >= 4 is 21.9 Å². The summed E-state index contributed by atoms with van der Waals surface area (Å²) in [4.78, 5) is 11.7. The van der Waals surface area contributed by atoms with Gasteiger partial charge in [-0.15, -0.1) is 0 Å². The Morgan fingerprint density at radius 1 is 0.886 bits per heavy atom. The second-order valence-electron chi connectivity index (χ2n) is 8.04. The molecule has 0 unspecified atom stereocenters. The highest BCUT2D eigenvalue weighted by Gasteiger charge is 2.30. The number of aromatic nitrogens is 1. The number of rotatable bonds is 8. The van der Waals surface area contributed by atoms with Gasteiger partial charge in [-0.25, -0.2) is 4.79 Å². The number of alkyl halides is 3. The Kier molecular flexibility index (Phi) is 7.31. The van der Waals surface area contributed by atoms with Crippen molar-refractivity contribution in [3.8, 4) is 16.9 Å². The minimum absolute atomic E-state index is 0.321. The zero-order valence-corrected chi connectivity index (χ0v) is 20.0. The number of hydrogen-bond acceptors (Lipinski definition) is 2. The normalized spacial score (nSPS) is 12.3. The predicted molar refractivity (Wildman–Crippen MR) is 130 cm³/mol. The highest BCUT2D eigenvalue weighted by atomic mass is 79.9. The summed E-state index contributed by atoms with van der Waals surface area (Å²) in [5.74, 6) is -0.260. The van der Waals surface area contributed by atoms with Crippen molar-refractivity contribution in [2.75, 3.05) is 0 Å². The highest BCUT2D eigenvalue weighted by Crippen LogP contribution is 2.31. The van der Waals surface area contributed by atoms with Gasteiger partial charge in [0.1, 0.15) is 18.4 Å². The summed E-state index contributed by atoms with van der Waals surface area (Å²) in [6.07, 6.45) is -0.555. The van der Waals surface area contributed by atoms with Crippen molar-refractivity contribution < 1.29 is 27.8 Å². The van der Waals surface area contributed by atoms with Crippen LogP contribution in [0.1, 0.15) is 22.7 Å². The van der Waals surface area contributed by atoms with Gasteiger partial charge in [0.2, 0.25) is 0 Å². The number of halogens is 4. The van der Waals surface area contributed by atoms with Crippen LogP contribution in [0.15, 0.2) is 95.7 Å². The molecule has 1 atom stereocenters. The van der Waals surface area contributed by atoms with E-state index in [-0.39, 0.29) is 0 Å². The van der Waals surface area contributed by atoms with Gasteiger partial charge in [0, 0.05) is 23.3 Å². The molecule has 0 amide bonds. The van der Waals surface area contributed by atoms with E-state index in [1.54, 1.807) is 35.2 Å². The fourth-order valence-electron chi connectivity index (χ4n) is 3.66. The van der Waals surface area contributed by atoms with Crippen LogP contribution < -0.4 is 4.74 Å². The van der Waals surface area contributed by atoms with Crippen molar-refractivity contribution in [2.45, 2.75) is 25.2 Å². The van der Waals surface area contributed by atoms with E-state index in [4.69, 9.17) is 4.74 Å². The Bertz CT molecular complexity index is 1280. The monoisotopic (exact) mass is 543 g/mol. The van der Waals surface area contributed by atoms with Crippen LogP contribution >= 0.6 is 15.9 Å². The van der Waals surface area contributed by atoms with Crippen molar-refractivity contribution in [1.82, 2.24) is 4.57 Å². The van der Waals surface area contributed by atoms with Gasteiger partial charge in [0.25, 0.3) is 0 Å². The van der Waals surface area contributed by atoms with Crippen LogP contribution in [0.4, 0.5) is 13.2 Å². The van der Waals surface area contributed by atoms with E-state index in [9.17, 15) is 23.1 Å². The molecule has 1 N–H and O–H groups in total. The lowest BCUT2D eigenvalue weighted by atomic mass is 10.0. The van der Waals surface area contributed by atoms with E-state index in [0.29, 0.717) is 24.3 Å². The number of carboxylic acids is 1. The van der Waals surface area contributed by atoms with Crippen molar-refractivity contribution in [1.29, 1.82) is 0 Å². The van der Waals surface area contributed by atoms with Crippen molar-refractivity contribution in [2.24, 2.45) is 0 Å².